The summed E-state index contributed by atoms with van der Waals surface area (Å²) >= 11 is 0. The van der Waals surface area contributed by atoms with Gasteiger partial charge in [0.2, 0.25) is 0 Å². The molecule has 1 heterocycles. The molecule has 0 aliphatic heterocycles. The normalized spacial score (nSPS) is 16.8. The predicted molar refractivity (Wildman–Crippen MR) is 76.4 cm³/mol. The van der Waals surface area contributed by atoms with Crippen LogP contribution in [-0.4, -0.2) is 16.7 Å². The monoisotopic (exact) mass is 259 g/mol. The first-order valence-electron chi connectivity index (χ1n) is 7.06. The first-order valence-corrected chi connectivity index (χ1v) is 7.06. The zero-order valence-electron chi connectivity index (χ0n) is 11.6. The minimum atomic E-state index is 0.0315. The van der Waals surface area contributed by atoms with E-state index in [1.165, 1.54) is 18.4 Å². The molecule has 4 heteroatoms. The molecule has 0 radical (unpaired) electrons. The molecule has 102 valence electrons. The van der Waals surface area contributed by atoms with Crippen LogP contribution in [0.1, 0.15) is 50.5 Å². The Kier molecular flexibility index (Phi) is 3.19. The minimum absolute atomic E-state index is 0.0315. The zero-order valence-corrected chi connectivity index (χ0v) is 11.6. The van der Waals surface area contributed by atoms with Crippen molar-refractivity contribution in [2.24, 2.45) is 5.73 Å². The summed E-state index contributed by atoms with van der Waals surface area (Å²) in [6, 6.07) is 6.72. The lowest BCUT2D eigenvalue weighted by atomic mass is 10.1. The maximum Gasteiger partial charge on any atom is 0.127 e. The summed E-state index contributed by atoms with van der Waals surface area (Å²) in [7, 11) is 1.68. The highest BCUT2D eigenvalue weighted by Crippen LogP contribution is 2.40. The first-order chi connectivity index (χ1) is 9.24. The van der Waals surface area contributed by atoms with Gasteiger partial charge in [-0.25, -0.2) is 4.98 Å². The minimum Gasteiger partial charge on any atom is -0.497 e. The number of nitrogens with zero attached hydrogens (tertiary/aromatic N) is 2. The van der Waals surface area contributed by atoms with Gasteiger partial charge >= 0.3 is 0 Å². The molecule has 1 unspecified atom stereocenters. The molecule has 0 amide bonds. The van der Waals surface area contributed by atoms with Crippen molar-refractivity contribution in [3.8, 4) is 5.75 Å². The van der Waals surface area contributed by atoms with E-state index < -0.39 is 0 Å². The third kappa shape index (κ3) is 2.21. The Morgan fingerprint density at radius 3 is 2.89 bits per heavy atom. The fourth-order valence-electron chi connectivity index (χ4n) is 2.64. The number of methoxy groups -OCH3 is 1. The molecule has 0 bridgehead atoms. The van der Waals surface area contributed by atoms with E-state index in [4.69, 9.17) is 15.5 Å². The lowest BCUT2D eigenvalue weighted by Gasteiger charge is -2.13. The first kappa shape index (κ1) is 12.5. The number of imidazole rings is 1. The highest BCUT2D eigenvalue weighted by molar-refractivity contribution is 5.78. The van der Waals surface area contributed by atoms with Crippen LogP contribution < -0.4 is 10.5 Å². The SMILES string of the molecule is CCCC(N)c1nc2cc(OC)ccc2n1C1CC1. The summed E-state index contributed by atoms with van der Waals surface area (Å²) in [5.74, 6) is 1.89. The molecular weight excluding hydrogens is 238 g/mol. The van der Waals surface area contributed by atoms with Crippen LogP contribution in [0.25, 0.3) is 11.0 Å². The van der Waals surface area contributed by atoms with E-state index >= 15 is 0 Å². The van der Waals surface area contributed by atoms with E-state index in [0.717, 1.165) is 29.9 Å². The van der Waals surface area contributed by atoms with Crippen molar-refractivity contribution in [1.82, 2.24) is 9.55 Å². The van der Waals surface area contributed by atoms with Crippen molar-refractivity contribution < 1.29 is 4.74 Å². The average Bonchev–Trinajstić information content (AvgIpc) is 3.18. The van der Waals surface area contributed by atoms with E-state index in [0.29, 0.717) is 6.04 Å². The molecule has 0 spiro atoms. The van der Waals surface area contributed by atoms with Gasteiger partial charge in [-0.15, -0.1) is 0 Å². The summed E-state index contributed by atoms with van der Waals surface area (Å²) in [4.78, 5) is 4.76. The molecule has 1 aromatic carbocycles. The van der Waals surface area contributed by atoms with E-state index in [-0.39, 0.29) is 6.04 Å². The molecule has 2 N–H and O–H groups in total. The molecule has 2 aromatic rings. The van der Waals surface area contributed by atoms with E-state index in [9.17, 15) is 0 Å². The van der Waals surface area contributed by atoms with Gasteiger partial charge in [0.1, 0.15) is 11.6 Å². The Bertz CT molecular complexity index is 586. The Hall–Kier alpha value is -1.55. The molecule has 1 fully saturated rings. The molecule has 3 rings (SSSR count). The number of aromatic nitrogens is 2. The summed E-state index contributed by atoms with van der Waals surface area (Å²) < 4.78 is 7.62. The second-order valence-corrected chi connectivity index (χ2v) is 5.32. The van der Waals surface area contributed by atoms with Gasteiger partial charge in [0.15, 0.2) is 0 Å². The van der Waals surface area contributed by atoms with Crippen LogP contribution in [-0.2, 0) is 0 Å². The van der Waals surface area contributed by atoms with E-state index in [1.807, 2.05) is 12.1 Å². The Morgan fingerprint density at radius 1 is 1.47 bits per heavy atom. The van der Waals surface area contributed by atoms with Crippen LogP contribution in [0.3, 0.4) is 0 Å². The second-order valence-electron chi connectivity index (χ2n) is 5.32. The number of nitrogens with two attached hydrogens (primary N) is 1. The van der Waals surface area contributed by atoms with Crippen molar-refractivity contribution >= 4 is 11.0 Å². The molecule has 1 aromatic heterocycles. The number of ether oxygens (including phenoxy) is 1. The number of rotatable bonds is 5. The summed E-state index contributed by atoms with van der Waals surface area (Å²) in [5, 5.41) is 0. The van der Waals surface area contributed by atoms with Gasteiger partial charge in [-0.1, -0.05) is 13.3 Å². The average molecular weight is 259 g/mol. The van der Waals surface area contributed by atoms with Gasteiger partial charge in [0, 0.05) is 12.1 Å². The van der Waals surface area contributed by atoms with E-state index in [2.05, 4.69) is 17.6 Å². The maximum atomic E-state index is 6.29. The predicted octanol–water partition coefficient (Wildman–Crippen LogP) is 3.18. The van der Waals surface area contributed by atoms with Crippen LogP contribution in [0, 0.1) is 0 Å². The zero-order chi connectivity index (χ0) is 13.4. The third-order valence-corrected chi connectivity index (χ3v) is 3.77. The molecular formula is C15H21N3O. The molecule has 19 heavy (non-hydrogen) atoms. The van der Waals surface area contributed by atoms with Gasteiger partial charge in [0.05, 0.1) is 24.2 Å². The van der Waals surface area contributed by atoms with Crippen LogP contribution in [0.4, 0.5) is 0 Å². The molecule has 0 saturated heterocycles. The van der Waals surface area contributed by atoms with Crippen molar-refractivity contribution in [3.63, 3.8) is 0 Å². The van der Waals surface area contributed by atoms with Crippen molar-refractivity contribution in [2.45, 2.75) is 44.7 Å². The Morgan fingerprint density at radius 2 is 2.26 bits per heavy atom. The van der Waals surface area contributed by atoms with Gasteiger partial charge in [-0.3, -0.25) is 0 Å². The standard InChI is InChI=1S/C15H21N3O/c1-3-4-12(16)15-17-13-9-11(19-2)7-8-14(13)18(15)10-5-6-10/h7-10,12H,3-6,16H2,1-2H3. The molecule has 1 atom stereocenters. The van der Waals surface area contributed by atoms with Crippen molar-refractivity contribution in [3.05, 3.63) is 24.0 Å². The molecule has 1 aliphatic rings. The van der Waals surface area contributed by atoms with Gasteiger partial charge in [-0.2, -0.15) is 0 Å². The molecule has 1 aliphatic carbocycles. The lowest BCUT2D eigenvalue weighted by Crippen LogP contribution is -2.16. The summed E-state index contributed by atoms with van der Waals surface area (Å²) in [5.41, 5.74) is 8.47. The highest BCUT2D eigenvalue weighted by Gasteiger charge is 2.29. The summed E-state index contributed by atoms with van der Waals surface area (Å²) in [6.07, 6.45) is 4.54. The largest absolute Gasteiger partial charge is 0.497 e. The van der Waals surface area contributed by atoms with Crippen LogP contribution >= 0.6 is 0 Å². The van der Waals surface area contributed by atoms with Crippen molar-refractivity contribution in [1.29, 1.82) is 0 Å². The Balaban J connectivity index is 2.11. The number of hydrogen-bond acceptors (Lipinski definition) is 3. The second kappa shape index (κ2) is 4.85. The topological polar surface area (TPSA) is 53.1 Å². The van der Waals surface area contributed by atoms with Crippen LogP contribution in [0.15, 0.2) is 18.2 Å². The number of benzene rings is 1. The van der Waals surface area contributed by atoms with Crippen LogP contribution in [0.2, 0.25) is 0 Å². The van der Waals surface area contributed by atoms with E-state index in [1.54, 1.807) is 7.11 Å². The molecule has 4 nitrogen and oxygen atoms in total. The Labute approximate surface area is 113 Å². The third-order valence-electron chi connectivity index (χ3n) is 3.77. The lowest BCUT2D eigenvalue weighted by molar-refractivity contribution is 0.415. The van der Waals surface area contributed by atoms with Gasteiger partial charge in [0.25, 0.3) is 0 Å². The number of fused-ring (bicyclic) bond motifs is 1. The number of hydrogen-bond donors (Lipinski definition) is 1. The molecule has 1 saturated carbocycles. The fraction of sp³-hybridized carbons (Fsp3) is 0.533. The summed E-state index contributed by atoms with van der Waals surface area (Å²) in [6.45, 7) is 2.16. The van der Waals surface area contributed by atoms with Crippen LogP contribution in [0.5, 0.6) is 5.75 Å². The fourth-order valence-corrected chi connectivity index (χ4v) is 2.64. The quantitative estimate of drug-likeness (QED) is 0.897. The van der Waals surface area contributed by atoms with Gasteiger partial charge < -0.3 is 15.0 Å². The smallest absolute Gasteiger partial charge is 0.127 e. The van der Waals surface area contributed by atoms with Gasteiger partial charge in [-0.05, 0) is 31.4 Å². The van der Waals surface area contributed by atoms with Crippen molar-refractivity contribution in [2.75, 3.05) is 7.11 Å². The highest BCUT2D eigenvalue weighted by atomic mass is 16.5. The maximum absolute atomic E-state index is 6.29.